The summed E-state index contributed by atoms with van der Waals surface area (Å²) in [4.78, 5) is 0. The van der Waals surface area contributed by atoms with Gasteiger partial charge in [-0.1, -0.05) is 127 Å². The quantitative estimate of drug-likeness (QED) is 0.140. The number of hydrogen-bond donors (Lipinski definition) is 0. The van der Waals surface area contributed by atoms with E-state index in [4.69, 9.17) is 4.42 Å². The zero-order valence-corrected chi connectivity index (χ0v) is 26.6. The summed E-state index contributed by atoms with van der Waals surface area (Å²) >= 11 is 1.90. The van der Waals surface area contributed by atoms with Crippen molar-refractivity contribution in [3.05, 3.63) is 158 Å². The summed E-state index contributed by atoms with van der Waals surface area (Å²) in [5.74, 6) is 0. The Morgan fingerprint density at radius 3 is 1.75 bits per heavy atom. The highest BCUT2D eigenvalue weighted by Gasteiger charge is 2.21. The molecule has 1 nitrogen and oxygen atoms in total. The van der Waals surface area contributed by atoms with E-state index in [1.165, 1.54) is 74.7 Å². The molecule has 2 heterocycles. The minimum absolute atomic E-state index is 0.919. The van der Waals surface area contributed by atoms with Crippen molar-refractivity contribution in [2.45, 2.75) is 0 Å². The summed E-state index contributed by atoms with van der Waals surface area (Å²) in [6.45, 7) is 0. The van der Waals surface area contributed by atoms with Crippen LogP contribution in [0, 0.1) is 0 Å². The van der Waals surface area contributed by atoms with Crippen LogP contribution >= 0.6 is 11.3 Å². The van der Waals surface area contributed by atoms with E-state index in [1.54, 1.807) is 0 Å². The van der Waals surface area contributed by atoms with Crippen molar-refractivity contribution in [1.82, 2.24) is 0 Å². The molecule has 2 aromatic heterocycles. The Hall–Kier alpha value is -5.96. The number of para-hydroxylation sites is 2. The topological polar surface area (TPSA) is 13.1 Å². The molecule has 222 valence electrons. The molecule has 48 heavy (non-hydrogen) atoms. The van der Waals surface area contributed by atoms with Gasteiger partial charge in [0.2, 0.25) is 0 Å². The lowest BCUT2D eigenvalue weighted by molar-refractivity contribution is 0.670. The SMILES string of the molecule is c1cc(-c2c3ccccc3c(-c3cc4cccc5sc6cccc3c6c45)c3ccccc23)cc(-c2cccc3c2oc2ccccc23)c1. The van der Waals surface area contributed by atoms with Gasteiger partial charge in [-0.25, -0.2) is 0 Å². The summed E-state index contributed by atoms with van der Waals surface area (Å²) in [6.07, 6.45) is 0. The molecule has 11 aromatic rings. The highest BCUT2D eigenvalue weighted by molar-refractivity contribution is 7.26. The largest absolute Gasteiger partial charge is 0.455 e. The molecule has 0 fully saturated rings. The van der Waals surface area contributed by atoms with E-state index >= 15 is 0 Å². The molecule has 0 spiro atoms. The first kappa shape index (κ1) is 26.1. The van der Waals surface area contributed by atoms with Crippen molar-refractivity contribution in [3.63, 3.8) is 0 Å². The second-order valence-electron chi connectivity index (χ2n) is 12.8. The lowest BCUT2D eigenvalue weighted by atomic mass is 9.83. The Kier molecular flexibility index (Phi) is 5.32. The van der Waals surface area contributed by atoms with E-state index in [2.05, 4.69) is 152 Å². The predicted molar refractivity (Wildman–Crippen MR) is 207 cm³/mol. The minimum Gasteiger partial charge on any atom is -0.455 e. The third-order valence-electron chi connectivity index (χ3n) is 10.2. The fourth-order valence-electron chi connectivity index (χ4n) is 8.22. The molecule has 9 aromatic carbocycles. The van der Waals surface area contributed by atoms with Crippen LogP contribution in [0.1, 0.15) is 0 Å². The van der Waals surface area contributed by atoms with Gasteiger partial charge in [0.1, 0.15) is 11.2 Å². The first-order valence-corrected chi connectivity index (χ1v) is 17.2. The molecule has 0 N–H and O–H groups in total. The van der Waals surface area contributed by atoms with Crippen LogP contribution in [0.15, 0.2) is 162 Å². The van der Waals surface area contributed by atoms with Crippen molar-refractivity contribution in [2.24, 2.45) is 0 Å². The summed E-state index contributed by atoms with van der Waals surface area (Å²) in [6, 6.07) is 57.7. The molecule has 0 aliphatic rings. The maximum absolute atomic E-state index is 6.47. The smallest absolute Gasteiger partial charge is 0.143 e. The molecule has 0 aliphatic carbocycles. The first-order chi connectivity index (χ1) is 23.8. The first-order valence-electron chi connectivity index (χ1n) is 16.4. The van der Waals surface area contributed by atoms with Crippen LogP contribution < -0.4 is 0 Å². The maximum Gasteiger partial charge on any atom is 0.143 e. The fraction of sp³-hybridized carbons (Fsp3) is 0. The van der Waals surface area contributed by atoms with Crippen molar-refractivity contribution in [3.8, 4) is 33.4 Å². The number of furan rings is 1. The van der Waals surface area contributed by atoms with Gasteiger partial charge in [0.05, 0.1) is 0 Å². The Labute approximate surface area is 280 Å². The monoisotopic (exact) mass is 626 g/mol. The molecule has 0 atom stereocenters. The van der Waals surface area contributed by atoms with Crippen LogP contribution in [-0.4, -0.2) is 0 Å². The van der Waals surface area contributed by atoms with E-state index in [1.807, 2.05) is 17.4 Å². The van der Waals surface area contributed by atoms with Crippen molar-refractivity contribution >= 4 is 85.8 Å². The van der Waals surface area contributed by atoms with Gasteiger partial charge < -0.3 is 4.42 Å². The van der Waals surface area contributed by atoms with Gasteiger partial charge in [0, 0.05) is 36.5 Å². The van der Waals surface area contributed by atoms with Gasteiger partial charge in [-0.05, 0) is 90.5 Å². The second kappa shape index (κ2) is 9.78. The highest BCUT2D eigenvalue weighted by atomic mass is 32.1. The van der Waals surface area contributed by atoms with Crippen LogP contribution in [0.2, 0.25) is 0 Å². The molecule has 0 bridgehead atoms. The number of rotatable bonds is 3. The van der Waals surface area contributed by atoms with Gasteiger partial charge in [-0.2, -0.15) is 0 Å². The normalized spacial score (nSPS) is 12.2. The highest BCUT2D eigenvalue weighted by Crippen LogP contribution is 2.49. The minimum atomic E-state index is 0.919. The third kappa shape index (κ3) is 3.55. The van der Waals surface area contributed by atoms with Gasteiger partial charge >= 0.3 is 0 Å². The summed E-state index contributed by atoms with van der Waals surface area (Å²) in [7, 11) is 0. The molecular weight excluding hydrogens is 601 g/mol. The van der Waals surface area contributed by atoms with Crippen molar-refractivity contribution in [2.75, 3.05) is 0 Å². The van der Waals surface area contributed by atoms with Gasteiger partial charge in [0.25, 0.3) is 0 Å². The lowest BCUT2D eigenvalue weighted by Gasteiger charge is -2.19. The van der Waals surface area contributed by atoms with Crippen LogP contribution in [0.4, 0.5) is 0 Å². The second-order valence-corrected chi connectivity index (χ2v) is 13.8. The maximum atomic E-state index is 6.47. The third-order valence-corrected chi connectivity index (χ3v) is 11.3. The van der Waals surface area contributed by atoms with Crippen LogP contribution in [0.5, 0.6) is 0 Å². The van der Waals surface area contributed by atoms with E-state index in [0.29, 0.717) is 0 Å². The van der Waals surface area contributed by atoms with E-state index < -0.39 is 0 Å². The van der Waals surface area contributed by atoms with Gasteiger partial charge in [-0.15, -0.1) is 11.3 Å². The number of benzene rings is 9. The van der Waals surface area contributed by atoms with Crippen molar-refractivity contribution in [1.29, 1.82) is 0 Å². The predicted octanol–water partition coefficient (Wildman–Crippen LogP) is 13.9. The Balaban J connectivity index is 1.21. The fourth-order valence-corrected chi connectivity index (χ4v) is 9.39. The average molecular weight is 627 g/mol. The van der Waals surface area contributed by atoms with Crippen molar-refractivity contribution < 1.29 is 4.42 Å². The molecule has 0 aliphatic heterocycles. The number of hydrogen-bond acceptors (Lipinski definition) is 2. The number of fused-ring (bicyclic) bond motifs is 5. The van der Waals surface area contributed by atoms with Crippen LogP contribution in [-0.2, 0) is 0 Å². The Bertz CT molecular complexity index is 3010. The van der Waals surface area contributed by atoms with E-state index in [0.717, 1.165) is 33.1 Å². The summed E-state index contributed by atoms with van der Waals surface area (Å²) in [5, 5.41) is 12.7. The molecule has 11 rings (SSSR count). The average Bonchev–Trinajstić information content (AvgIpc) is 3.72. The summed E-state index contributed by atoms with van der Waals surface area (Å²) in [5.41, 5.74) is 9.16. The Morgan fingerprint density at radius 1 is 0.375 bits per heavy atom. The Morgan fingerprint density at radius 2 is 0.958 bits per heavy atom. The standard InChI is InChI=1S/C46H26OS/c1-3-17-34-32(15-1)42(28-12-7-11-27(25-28)30-19-9-21-37-31-14-5-6-22-39(31)47-46(30)37)33-16-2-4-18-35(33)44(34)38-26-29-13-8-23-40-43(29)45-36(38)20-10-24-41(45)48-40/h1-26H. The van der Waals surface area contributed by atoms with Crippen LogP contribution in [0.25, 0.3) is 108 Å². The van der Waals surface area contributed by atoms with E-state index in [-0.39, 0.29) is 0 Å². The molecule has 2 heteroatoms. The lowest BCUT2D eigenvalue weighted by Crippen LogP contribution is -1.92. The van der Waals surface area contributed by atoms with Crippen LogP contribution in [0.3, 0.4) is 0 Å². The number of thiophene rings is 1. The molecule has 0 unspecified atom stereocenters. The summed E-state index contributed by atoms with van der Waals surface area (Å²) < 4.78 is 9.17. The van der Waals surface area contributed by atoms with E-state index in [9.17, 15) is 0 Å². The zero-order valence-electron chi connectivity index (χ0n) is 25.8. The molecular formula is C46H26OS. The molecule has 0 saturated heterocycles. The van der Waals surface area contributed by atoms with Gasteiger partial charge in [0.15, 0.2) is 0 Å². The van der Waals surface area contributed by atoms with Gasteiger partial charge in [-0.3, -0.25) is 0 Å². The zero-order chi connectivity index (χ0) is 31.3. The molecule has 0 radical (unpaired) electrons. The molecule has 0 amide bonds. The molecule has 0 saturated carbocycles.